The van der Waals surface area contributed by atoms with Gasteiger partial charge in [0.05, 0.1) is 18.3 Å². The number of carbonyl (C=O) groups is 1. The van der Waals surface area contributed by atoms with Crippen molar-refractivity contribution in [2.75, 3.05) is 6.61 Å². The molecule has 4 heteroatoms. The molecule has 0 saturated carbocycles. The number of Topliss-reactive ketones (excluding diaryl/α,β-unsaturated/α-hetero) is 1. The van der Waals surface area contributed by atoms with Crippen molar-refractivity contribution in [1.29, 1.82) is 0 Å². The second-order valence-corrected chi connectivity index (χ2v) is 4.85. The minimum absolute atomic E-state index is 0.0980. The summed E-state index contributed by atoms with van der Waals surface area (Å²) in [6, 6.07) is 13.2. The zero-order chi connectivity index (χ0) is 14.7. The van der Waals surface area contributed by atoms with Gasteiger partial charge in [0.15, 0.2) is 5.78 Å². The van der Waals surface area contributed by atoms with Crippen molar-refractivity contribution in [3.05, 3.63) is 59.8 Å². The molecule has 2 aromatic carbocycles. The van der Waals surface area contributed by atoms with Crippen molar-refractivity contribution < 1.29 is 9.53 Å². The fraction of sp³-hybridized carbons (Fsp3) is 0.176. The molecule has 1 N–H and O–H groups in total. The highest BCUT2D eigenvalue weighted by Crippen LogP contribution is 2.17. The van der Waals surface area contributed by atoms with Gasteiger partial charge in [-0.1, -0.05) is 6.07 Å². The molecule has 3 rings (SSSR count). The van der Waals surface area contributed by atoms with E-state index in [4.69, 9.17) is 4.74 Å². The maximum atomic E-state index is 12.3. The lowest BCUT2D eigenvalue weighted by Crippen LogP contribution is -2.03. The highest BCUT2D eigenvalue weighted by Gasteiger charge is 2.08. The third kappa shape index (κ3) is 2.94. The fourth-order valence-corrected chi connectivity index (χ4v) is 2.29. The second-order valence-electron chi connectivity index (χ2n) is 4.85. The molecular formula is C17H16N2O2. The van der Waals surface area contributed by atoms with Gasteiger partial charge < -0.3 is 4.74 Å². The molecular weight excluding hydrogens is 264 g/mol. The smallest absolute Gasteiger partial charge is 0.167 e. The molecule has 0 saturated heterocycles. The van der Waals surface area contributed by atoms with E-state index in [0.717, 1.165) is 22.2 Å². The normalized spacial score (nSPS) is 10.7. The zero-order valence-corrected chi connectivity index (χ0v) is 11.8. The fourth-order valence-electron chi connectivity index (χ4n) is 2.29. The van der Waals surface area contributed by atoms with Gasteiger partial charge in [0.1, 0.15) is 5.75 Å². The Morgan fingerprint density at radius 2 is 2.00 bits per heavy atom. The van der Waals surface area contributed by atoms with E-state index in [1.807, 2.05) is 49.4 Å². The number of nitrogens with one attached hydrogen (secondary N) is 1. The van der Waals surface area contributed by atoms with Gasteiger partial charge in [0.25, 0.3) is 0 Å². The number of benzene rings is 2. The summed E-state index contributed by atoms with van der Waals surface area (Å²) in [5, 5.41) is 7.90. The molecule has 0 aliphatic heterocycles. The monoisotopic (exact) mass is 280 g/mol. The van der Waals surface area contributed by atoms with Crippen LogP contribution in [0.4, 0.5) is 0 Å². The largest absolute Gasteiger partial charge is 0.494 e. The van der Waals surface area contributed by atoms with E-state index in [2.05, 4.69) is 10.2 Å². The molecule has 0 atom stereocenters. The number of ketones is 1. The summed E-state index contributed by atoms with van der Waals surface area (Å²) in [6.07, 6.45) is 2.15. The van der Waals surface area contributed by atoms with Gasteiger partial charge in [-0.15, -0.1) is 0 Å². The van der Waals surface area contributed by atoms with Gasteiger partial charge in [-0.2, -0.15) is 5.10 Å². The average Bonchev–Trinajstić information content (AvgIpc) is 2.96. The Kier molecular flexibility index (Phi) is 3.69. The Bertz CT molecular complexity index is 760. The van der Waals surface area contributed by atoms with Gasteiger partial charge in [-0.25, -0.2) is 0 Å². The lowest BCUT2D eigenvalue weighted by molar-refractivity contribution is 0.0993. The van der Waals surface area contributed by atoms with E-state index in [1.54, 1.807) is 6.20 Å². The van der Waals surface area contributed by atoms with Crippen molar-refractivity contribution in [1.82, 2.24) is 10.2 Å². The third-order valence-electron chi connectivity index (χ3n) is 3.36. The SMILES string of the molecule is CCOc1ccc(C(=O)Cc2ccc3[nH]ncc3c2)cc1. The van der Waals surface area contributed by atoms with E-state index in [-0.39, 0.29) is 5.78 Å². The summed E-state index contributed by atoms with van der Waals surface area (Å²) in [4.78, 5) is 12.3. The van der Waals surface area contributed by atoms with Crippen molar-refractivity contribution in [3.63, 3.8) is 0 Å². The van der Waals surface area contributed by atoms with Crippen molar-refractivity contribution in [2.24, 2.45) is 0 Å². The third-order valence-corrected chi connectivity index (χ3v) is 3.36. The number of ether oxygens (including phenoxy) is 1. The molecule has 21 heavy (non-hydrogen) atoms. The predicted octanol–water partition coefficient (Wildman–Crippen LogP) is 3.39. The van der Waals surface area contributed by atoms with Crippen molar-refractivity contribution in [3.8, 4) is 5.75 Å². The van der Waals surface area contributed by atoms with E-state index in [9.17, 15) is 4.79 Å². The van der Waals surface area contributed by atoms with Gasteiger partial charge in [0, 0.05) is 17.4 Å². The Morgan fingerprint density at radius 1 is 1.19 bits per heavy atom. The van der Waals surface area contributed by atoms with Crippen molar-refractivity contribution in [2.45, 2.75) is 13.3 Å². The maximum absolute atomic E-state index is 12.3. The number of hydrogen-bond acceptors (Lipinski definition) is 3. The molecule has 1 aromatic heterocycles. The van der Waals surface area contributed by atoms with Gasteiger partial charge in [0.2, 0.25) is 0 Å². The average molecular weight is 280 g/mol. The maximum Gasteiger partial charge on any atom is 0.167 e. The summed E-state index contributed by atoms with van der Waals surface area (Å²) in [5.41, 5.74) is 2.67. The standard InChI is InChI=1S/C17H16N2O2/c1-2-21-15-6-4-13(5-7-15)17(20)10-12-3-8-16-14(9-12)11-18-19-16/h3-9,11H,2,10H2,1H3,(H,18,19). The molecule has 0 aliphatic carbocycles. The summed E-state index contributed by atoms with van der Waals surface area (Å²) in [5.74, 6) is 0.884. The Morgan fingerprint density at radius 3 is 2.76 bits per heavy atom. The molecule has 0 amide bonds. The number of rotatable bonds is 5. The van der Waals surface area contributed by atoms with Crippen LogP contribution in [0.1, 0.15) is 22.8 Å². The van der Waals surface area contributed by atoms with Crippen LogP contribution in [0.25, 0.3) is 10.9 Å². The lowest BCUT2D eigenvalue weighted by atomic mass is 10.0. The highest BCUT2D eigenvalue weighted by molar-refractivity contribution is 5.98. The first-order valence-electron chi connectivity index (χ1n) is 6.94. The van der Waals surface area contributed by atoms with Gasteiger partial charge in [-0.3, -0.25) is 9.89 Å². The van der Waals surface area contributed by atoms with Gasteiger partial charge in [-0.05, 0) is 48.9 Å². The van der Waals surface area contributed by atoms with Crippen LogP contribution in [-0.2, 0) is 6.42 Å². The van der Waals surface area contributed by atoms with Crippen molar-refractivity contribution >= 4 is 16.7 Å². The van der Waals surface area contributed by atoms with E-state index < -0.39 is 0 Å². The molecule has 0 radical (unpaired) electrons. The van der Waals surface area contributed by atoms with E-state index in [0.29, 0.717) is 18.6 Å². The lowest BCUT2D eigenvalue weighted by Gasteiger charge is -2.05. The number of aromatic amines is 1. The summed E-state index contributed by atoms with van der Waals surface area (Å²) < 4.78 is 5.38. The number of aromatic nitrogens is 2. The van der Waals surface area contributed by atoms with Crippen LogP contribution in [0, 0.1) is 0 Å². The van der Waals surface area contributed by atoms with Crippen LogP contribution < -0.4 is 4.74 Å². The Balaban J connectivity index is 1.75. The summed E-state index contributed by atoms with van der Waals surface area (Å²) in [6.45, 7) is 2.56. The van der Waals surface area contributed by atoms with Crippen LogP contribution in [-0.4, -0.2) is 22.6 Å². The predicted molar refractivity (Wildman–Crippen MR) is 81.7 cm³/mol. The number of H-pyrrole nitrogens is 1. The zero-order valence-electron chi connectivity index (χ0n) is 11.8. The molecule has 0 aliphatic rings. The molecule has 1 heterocycles. The van der Waals surface area contributed by atoms with Crippen LogP contribution in [0.2, 0.25) is 0 Å². The Labute approximate surface area is 122 Å². The minimum atomic E-state index is 0.0980. The summed E-state index contributed by atoms with van der Waals surface area (Å²) >= 11 is 0. The second kappa shape index (κ2) is 5.79. The topological polar surface area (TPSA) is 55.0 Å². The molecule has 3 aromatic rings. The van der Waals surface area contributed by atoms with Crippen LogP contribution in [0.15, 0.2) is 48.7 Å². The van der Waals surface area contributed by atoms with E-state index >= 15 is 0 Å². The molecule has 4 nitrogen and oxygen atoms in total. The van der Waals surface area contributed by atoms with E-state index in [1.165, 1.54) is 0 Å². The van der Waals surface area contributed by atoms with Crippen LogP contribution >= 0.6 is 0 Å². The first-order valence-corrected chi connectivity index (χ1v) is 6.94. The quantitative estimate of drug-likeness (QED) is 0.729. The van der Waals surface area contributed by atoms with Crippen LogP contribution in [0.5, 0.6) is 5.75 Å². The Hall–Kier alpha value is -2.62. The molecule has 106 valence electrons. The molecule has 0 fully saturated rings. The minimum Gasteiger partial charge on any atom is -0.494 e. The molecule has 0 bridgehead atoms. The first-order chi connectivity index (χ1) is 10.3. The van der Waals surface area contributed by atoms with Gasteiger partial charge >= 0.3 is 0 Å². The number of nitrogens with zero attached hydrogens (tertiary/aromatic N) is 1. The number of fused-ring (bicyclic) bond motifs is 1. The molecule has 0 spiro atoms. The first kappa shape index (κ1) is 13.4. The molecule has 0 unspecified atom stereocenters. The number of carbonyl (C=O) groups excluding carboxylic acids is 1. The number of hydrogen-bond donors (Lipinski definition) is 1. The van der Waals surface area contributed by atoms with Crippen LogP contribution in [0.3, 0.4) is 0 Å². The highest BCUT2D eigenvalue weighted by atomic mass is 16.5. The summed E-state index contributed by atoms with van der Waals surface area (Å²) in [7, 11) is 0.